The molecule has 3 aromatic rings. The molecular weight excluding hydrogens is 329 g/mol. The summed E-state index contributed by atoms with van der Waals surface area (Å²) in [6.45, 7) is 0. The second-order valence-electron chi connectivity index (χ2n) is 6.03. The molecule has 0 saturated heterocycles. The fraction of sp³-hybridized carbons (Fsp3) is 0.0455. The topological polar surface area (TPSA) is 38.3 Å². The number of carbonyl (C=O) groups excluding carboxylic acids is 1. The molecule has 1 heterocycles. The van der Waals surface area contributed by atoms with Crippen LogP contribution in [-0.4, -0.2) is 13.0 Å². The Bertz CT molecular complexity index is 1030. The van der Waals surface area contributed by atoms with Gasteiger partial charge < -0.3 is 10.1 Å². The lowest BCUT2D eigenvalue weighted by molar-refractivity contribution is -0.110. The average molecular weight is 345 g/mol. The summed E-state index contributed by atoms with van der Waals surface area (Å²) in [5.41, 5.74) is 4.44. The highest BCUT2D eigenvalue weighted by molar-refractivity contribution is 6.34. The van der Waals surface area contributed by atoms with E-state index >= 15 is 0 Å². The van der Waals surface area contributed by atoms with Gasteiger partial charge >= 0.3 is 0 Å². The van der Waals surface area contributed by atoms with E-state index in [9.17, 15) is 9.18 Å². The van der Waals surface area contributed by atoms with Crippen LogP contribution in [0.1, 0.15) is 11.1 Å². The average Bonchev–Trinajstić information content (AvgIpc) is 2.97. The van der Waals surface area contributed by atoms with Crippen LogP contribution >= 0.6 is 0 Å². The molecule has 0 fully saturated rings. The van der Waals surface area contributed by atoms with Crippen LogP contribution in [0.3, 0.4) is 0 Å². The van der Waals surface area contributed by atoms with Gasteiger partial charge in [-0.2, -0.15) is 0 Å². The summed E-state index contributed by atoms with van der Waals surface area (Å²) in [6, 6.07) is 19.9. The van der Waals surface area contributed by atoms with E-state index in [0.29, 0.717) is 16.8 Å². The van der Waals surface area contributed by atoms with Crippen molar-refractivity contribution in [1.29, 1.82) is 0 Å². The number of fused-ring (bicyclic) bond motifs is 1. The van der Waals surface area contributed by atoms with Crippen LogP contribution in [0, 0.1) is 5.82 Å². The molecule has 0 aliphatic carbocycles. The number of hydrogen-bond acceptors (Lipinski definition) is 2. The molecule has 0 radical (unpaired) electrons. The van der Waals surface area contributed by atoms with Crippen molar-refractivity contribution in [1.82, 2.24) is 0 Å². The van der Waals surface area contributed by atoms with Crippen LogP contribution in [0.15, 0.2) is 66.7 Å². The van der Waals surface area contributed by atoms with Gasteiger partial charge in [-0.05, 0) is 47.5 Å². The third-order valence-corrected chi connectivity index (χ3v) is 4.38. The molecule has 4 heteroatoms. The molecular formula is C22H16FNO2. The Morgan fingerprint density at radius 2 is 1.77 bits per heavy atom. The van der Waals surface area contributed by atoms with Gasteiger partial charge in [0, 0.05) is 22.4 Å². The van der Waals surface area contributed by atoms with E-state index in [2.05, 4.69) is 5.32 Å². The SMILES string of the molecule is COc1ccc(/C=C2/C(=O)Nc3ccc(F)cc32)cc1-c1ccccc1. The predicted molar refractivity (Wildman–Crippen MR) is 101 cm³/mol. The fourth-order valence-electron chi connectivity index (χ4n) is 3.13. The summed E-state index contributed by atoms with van der Waals surface area (Å²) in [5.74, 6) is 0.147. The molecule has 0 saturated carbocycles. The number of nitrogens with one attached hydrogen (secondary N) is 1. The Morgan fingerprint density at radius 1 is 0.962 bits per heavy atom. The number of amides is 1. The second-order valence-corrected chi connectivity index (χ2v) is 6.03. The molecule has 128 valence electrons. The molecule has 0 spiro atoms. The van der Waals surface area contributed by atoms with Crippen LogP contribution in [0.5, 0.6) is 5.75 Å². The van der Waals surface area contributed by atoms with Crippen molar-refractivity contribution in [2.45, 2.75) is 0 Å². The molecule has 4 rings (SSSR count). The number of anilines is 1. The third-order valence-electron chi connectivity index (χ3n) is 4.38. The highest BCUT2D eigenvalue weighted by Crippen LogP contribution is 2.36. The van der Waals surface area contributed by atoms with Gasteiger partial charge in [-0.15, -0.1) is 0 Å². The van der Waals surface area contributed by atoms with Gasteiger partial charge in [0.25, 0.3) is 5.91 Å². The van der Waals surface area contributed by atoms with Gasteiger partial charge in [0.1, 0.15) is 11.6 Å². The molecule has 0 aromatic heterocycles. The smallest absolute Gasteiger partial charge is 0.256 e. The van der Waals surface area contributed by atoms with Crippen LogP contribution in [-0.2, 0) is 4.79 Å². The second kappa shape index (κ2) is 6.48. The van der Waals surface area contributed by atoms with E-state index in [1.807, 2.05) is 48.5 Å². The van der Waals surface area contributed by atoms with Crippen molar-refractivity contribution < 1.29 is 13.9 Å². The number of hydrogen-bond donors (Lipinski definition) is 1. The lowest BCUT2D eigenvalue weighted by Gasteiger charge is -2.10. The highest BCUT2D eigenvalue weighted by atomic mass is 19.1. The lowest BCUT2D eigenvalue weighted by atomic mass is 9.99. The number of ether oxygens (including phenoxy) is 1. The maximum atomic E-state index is 13.6. The van der Waals surface area contributed by atoms with E-state index in [-0.39, 0.29) is 11.7 Å². The first-order valence-electron chi connectivity index (χ1n) is 8.22. The summed E-state index contributed by atoms with van der Waals surface area (Å²) in [7, 11) is 1.63. The maximum absolute atomic E-state index is 13.6. The molecule has 0 unspecified atom stereocenters. The van der Waals surface area contributed by atoms with Gasteiger partial charge in [-0.1, -0.05) is 36.4 Å². The Kier molecular flexibility index (Phi) is 4.01. The number of carbonyl (C=O) groups is 1. The van der Waals surface area contributed by atoms with Crippen LogP contribution in [0.4, 0.5) is 10.1 Å². The van der Waals surface area contributed by atoms with Crippen molar-refractivity contribution in [3.63, 3.8) is 0 Å². The van der Waals surface area contributed by atoms with E-state index in [0.717, 1.165) is 22.4 Å². The Labute approximate surface area is 150 Å². The summed E-state index contributed by atoms with van der Waals surface area (Å²) in [5, 5.41) is 2.77. The molecule has 3 nitrogen and oxygen atoms in total. The number of methoxy groups -OCH3 is 1. The van der Waals surface area contributed by atoms with Crippen molar-refractivity contribution in [3.05, 3.63) is 83.7 Å². The quantitative estimate of drug-likeness (QED) is 0.679. The van der Waals surface area contributed by atoms with Crippen LogP contribution in [0.25, 0.3) is 22.8 Å². The van der Waals surface area contributed by atoms with Crippen molar-refractivity contribution in [2.24, 2.45) is 0 Å². The monoisotopic (exact) mass is 345 g/mol. The van der Waals surface area contributed by atoms with Crippen LogP contribution in [0.2, 0.25) is 0 Å². The summed E-state index contributed by atoms with van der Waals surface area (Å²) in [4.78, 5) is 12.3. The first-order chi connectivity index (χ1) is 12.7. The van der Waals surface area contributed by atoms with E-state index in [4.69, 9.17) is 4.74 Å². The summed E-state index contributed by atoms with van der Waals surface area (Å²) < 4.78 is 19.1. The molecule has 1 aliphatic heterocycles. The van der Waals surface area contributed by atoms with Gasteiger partial charge in [0.15, 0.2) is 0 Å². The van der Waals surface area contributed by atoms with Gasteiger partial charge in [-0.25, -0.2) is 4.39 Å². The Morgan fingerprint density at radius 3 is 2.54 bits per heavy atom. The highest BCUT2D eigenvalue weighted by Gasteiger charge is 2.24. The Hall–Kier alpha value is -3.40. The molecule has 0 atom stereocenters. The van der Waals surface area contributed by atoms with E-state index in [1.165, 1.54) is 12.1 Å². The van der Waals surface area contributed by atoms with Crippen molar-refractivity contribution in [2.75, 3.05) is 12.4 Å². The first kappa shape index (κ1) is 16.1. The van der Waals surface area contributed by atoms with Crippen molar-refractivity contribution >= 4 is 23.2 Å². The standard InChI is InChI=1S/C22H16FNO2/c1-26-21-10-7-14(11-17(21)15-5-3-2-4-6-15)12-19-18-13-16(23)8-9-20(18)24-22(19)25/h2-13H,1H3,(H,24,25)/b19-12+. The lowest BCUT2D eigenvalue weighted by Crippen LogP contribution is -2.03. The van der Waals surface area contributed by atoms with Gasteiger partial charge in [0.05, 0.1) is 7.11 Å². The third kappa shape index (κ3) is 2.86. The molecule has 1 aliphatic rings. The summed E-state index contributed by atoms with van der Waals surface area (Å²) in [6.07, 6.45) is 1.77. The molecule has 0 bridgehead atoms. The van der Waals surface area contributed by atoms with Crippen LogP contribution < -0.4 is 10.1 Å². The predicted octanol–water partition coefficient (Wildman–Crippen LogP) is 4.99. The van der Waals surface area contributed by atoms with Gasteiger partial charge in [0.2, 0.25) is 0 Å². The van der Waals surface area contributed by atoms with E-state index in [1.54, 1.807) is 19.3 Å². The molecule has 3 aromatic carbocycles. The first-order valence-corrected chi connectivity index (χ1v) is 8.22. The number of halogens is 1. The zero-order chi connectivity index (χ0) is 18.1. The molecule has 1 amide bonds. The fourth-order valence-corrected chi connectivity index (χ4v) is 3.13. The number of rotatable bonds is 3. The minimum Gasteiger partial charge on any atom is -0.496 e. The zero-order valence-corrected chi connectivity index (χ0v) is 14.1. The minimum atomic E-state index is -0.370. The zero-order valence-electron chi connectivity index (χ0n) is 14.1. The number of benzene rings is 3. The van der Waals surface area contributed by atoms with Gasteiger partial charge in [-0.3, -0.25) is 4.79 Å². The minimum absolute atomic E-state index is 0.234. The Balaban J connectivity index is 1.82. The largest absolute Gasteiger partial charge is 0.496 e. The molecule has 1 N–H and O–H groups in total. The molecule has 26 heavy (non-hydrogen) atoms. The summed E-state index contributed by atoms with van der Waals surface area (Å²) >= 11 is 0. The van der Waals surface area contributed by atoms with Crippen molar-refractivity contribution in [3.8, 4) is 16.9 Å². The normalized spacial score (nSPS) is 14.2. The van der Waals surface area contributed by atoms with E-state index < -0.39 is 0 Å². The maximum Gasteiger partial charge on any atom is 0.256 e.